The molecule has 0 saturated heterocycles. The fourth-order valence-corrected chi connectivity index (χ4v) is 2.13. The van der Waals surface area contributed by atoms with Crippen LogP contribution in [0.1, 0.15) is 5.56 Å². The zero-order valence-corrected chi connectivity index (χ0v) is 14.5. The van der Waals surface area contributed by atoms with Crippen molar-refractivity contribution in [3.05, 3.63) is 88.6 Å². The molecule has 2 amide bonds. The first kappa shape index (κ1) is 18.5. The molecule has 0 unspecified atom stereocenters. The number of urea groups is 1. The molecule has 2 aromatic carbocycles. The molecule has 1 heterocycles. The van der Waals surface area contributed by atoms with Crippen molar-refractivity contribution in [1.82, 2.24) is 10.4 Å². The van der Waals surface area contributed by atoms with E-state index in [1.54, 1.807) is 36.4 Å². The zero-order chi connectivity index (χ0) is 19.8. The highest BCUT2D eigenvalue weighted by molar-refractivity contribution is 5.90. The fourth-order valence-electron chi connectivity index (χ4n) is 2.13. The van der Waals surface area contributed by atoms with E-state index in [-0.39, 0.29) is 11.6 Å². The molecule has 0 aliphatic heterocycles. The highest BCUT2D eigenvalue weighted by atomic mass is 16.6. The summed E-state index contributed by atoms with van der Waals surface area (Å²) in [4.78, 5) is 25.7. The van der Waals surface area contributed by atoms with E-state index in [0.29, 0.717) is 11.4 Å². The molecule has 140 valence electrons. The smallest absolute Gasteiger partial charge is 0.339 e. The maximum Gasteiger partial charge on any atom is 0.339 e. The Balaban J connectivity index is 1.51. The number of benzene rings is 2. The van der Waals surface area contributed by atoms with E-state index in [4.69, 9.17) is 4.74 Å². The van der Waals surface area contributed by atoms with Gasteiger partial charge < -0.3 is 10.1 Å². The van der Waals surface area contributed by atoms with Gasteiger partial charge in [0.1, 0.15) is 11.9 Å². The maximum atomic E-state index is 11.7. The number of rotatable bonds is 6. The van der Waals surface area contributed by atoms with Crippen LogP contribution in [0.4, 0.5) is 16.2 Å². The number of nitrogens with zero attached hydrogens (tertiary/aromatic N) is 3. The van der Waals surface area contributed by atoms with Crippen LogP contribution in [0.25, 0.3) is 0 Å². The first-order valence-corrected chi connectivity index (χ1v) is 8.13. The van der Waals surface area contributed by atoms with Gasteiger partial charge in [0.15, 0.2) is 0 Å². The normalized spacial score (nSPS) is 10.4. The van der Waals surface area contributed by atoms with E-state index >= 15 is 0 Å². The second kappa shape index (κ2) is 8.90. The largest absolute Gasteiger partial charge is 0.439 e. The van der Waals surface area contributed by atoms with Crippen molar-refractivity contribution in [2.24, 2.45) is 5.10 Å². The third kappa shape index (κ3) is 5.36. The first-order chi connectivity index (χ1) is 13.6. The van der Waals surface area contributed by atoms with Gasteiger partial charge in [-0.3, -0.25) is 10.1 Å². The third-order valence-electron chi connectivity index (χ3n) is 3.45. The highest BCUT2D eigenvalue weighted by Gasteiger charge is 2.06. The number of aromatic nitrogens is 1. The summed E-state index contributed by atoms with van der Waals surface area (Å²) in [5.74, 6) is 0.750. The summed E-state index contributed by atoms with van der Waals surface area (Å²) in [5.41, 5.74) is 3.67. The predicted octanol–water partition coefficient (Wildman–Crippen LogP) is 3.94. The van der Waals surface area contributed by atoms with E-state index in [1.807, 2.05) is 18.2 Å². The number of ether oxygens (including phenoxy) is 1. The lowest BCUT2D eigenvalue weighted by Gasteiger charge is -2.05. The standard InChI is InChI=1S/C19H15N5O4/c25-19(22-15-4-2-1-3-5-15)23-21-12-14-6-9-17(10-7-14)28-18-11-8-16(13-20-18)24(26)27/h1-13H,(H2,22,23,25)/b21-12+. The quantitative estimate of drug-likeness (QED) is 0.383. The van der Waals surface area contributed by atoms with Crippen molar-refractivity contribution < 1.29 is 14.5 Å². The Morgan fingerprint density at radius 3 is 2.46 bits per heavy atom. The van der Waals surface area contributed by atoms with Crippen molar-refractivity contribution in [2.45, 2.75) is 0 Å². The van der Waals surface area contributed by atoms with Gasteiger partial charge in [-0.25, -0.2) is 15.2 Å². The summed E-state index contributed by atoms with van der Waals surface area (Å²) in [6.45, 7) is 0. The second-order valence-corrected chi connectivity index (χ2v) is 5.47. The number of carbonyl (C=O) groups excluding carboxylic acids is 1. The molecule has 1 aromatic heterocycles. The van der Waals surface area contributed by atoms with E-state index in [0.717, 1.165) is 11.8 Å². The van der Waals surface area contributed by atoms with Crippen molar-refractivity contribution in [3.8, 4) is 11.6 Å². The lowest BCUT2D eigenvalue weighted by molar-refractivity contribution is -0.385. The molecule has 2 N–H and O–H groups in total. The van der Waals surface area contributed by atoms with Crippen molar-refractivity contribution in [1.29, 1.82) is 0 Å². The number of amides is 2. The second-order valence-electron chi connectivity index (χ2n) is 5.47. The van der Waals surface area contributed by atoms with E-state index < -0.39 is 11.0 Å². The topological polar surface area (TPSA) is 119 Å². The Bertz CT molecular complexity index is 973. The molecule has 0 radical (unpaired) electrons. The van der Waals surface area contributed by atoms with Crippen LogP contribution in [-0.4, -0.2) is 22.2 Å². The van der Waals surface area contributed by atoms with Crippen LogP contribution in [0.5, 0.6) is 11.6 Å². The molecule has 9 nitrogen and oxygen atoms in total. The Morgan fingerprint density at radius 2 is 1.82 bits per heavy atom. The molecule has 28 heavy (non-hydrogen) atoms. The lowest BCUT2D eigenvalue weighted by atomic mass is 10.2. The van der Waals surface area contributed by atoms with Crippen LogP contribution in [0.2, 0.25) is 0 Å². The molecule has 0 atom stereocenters. The average molecular weight is 377 g/mol. The summed E-state index contributed by atoms with van der Waals surface area (Å²) in [6, 6.07) is 18.1. The van der Waals surface area contributed by atoms with E-state index in [1.165, 1.54) is 18.3 Å². The molecule has 0 saturated carbocycles. The highest BCUT2D eigenvalue weighted by Crippen LogP contribution is 2.21. The first-order valence-electron chi connectivity index (χ1n) is 8.13. The minimum absolute atomic E-state index is 0.109. The van der Waals surface area contributed by atoms with Crippen molar-refractivity contribution in [2.75, 3.05) is 5.32 Å². The summed E-state index contributed by atoms with van der Waals surface area (Å²) < 4.78 is 5.52. The van der Waals surface area contributed by atoms with Crippen LogP contribution < -0.4 is 15.5 Å². The molecular formula is C19H15N5O4. The number of hydrogen-bond acceptors (Lipinski definition) is 6. The molecule has 0 bridgehead atoms. The minimum Gasteiger partial charge on any atom is -0.439 e. The van der Waals surface area contributed by atoms with Gasteiger partial charge in [-0.15, -0.1) is 0 Å². The number of nitro groups is 1. The monoisotopic (exact) mass is 377 g/mol. The minimum atomic E-state index is -0.529. The van der Waals surface area contributed by atoms with Gasteiger partial charge in [0.05, 0.1) is 11.1 Å². The molecule has 0 aliphatic rings. The number of hydrogen-bond donors (Lipinski definition) is 2. The van der Waals surface area contributed by atoms with Gasteiger partial charge in [-0.1, -0.05) is 18.2 Å². The van der Waals surface area contributed by atoms with Gasteiger partial charge in [-0.05, 0) is 42.0 Å². The van der Waals surface area contributed by atoms with E-state index in [9.17, 15) is 14.9 Å². The summed E-state index contributed by atoms with van der Waals surface area (Å²) >= 11 is 0. The van der Waals surface area contributed by atoms with Gasteiger partial charge in [0.25, 0.3) is 5.69 Å². The summed E-state index contributed by atoms with van der Waals surface area (Å²) in [5, 5.41) is 17.1. The zero-order valence-electron chi connectivity index (χ0n) is 14.5. The van der Waals surface area contributed by atoms with Crippen molar-refractivity contribution >= 4 is 23.6 Å². The van der Waals surface area contributed by atoms with Gasteiger partial charge >= 0.3 is 6.03 Å². The number of pyridine rings is 1. The Labute approximate surface area is 159 Å². The van der Waals surface area contributed by atoms with Gasteiger partial charge in [0, 0.05) is 17.8 Å². The predicted molar refractivity (Wildman–Crippen MR) is 104 cm³/mol. The summed E-state index contributed by atoms with van der Waals surface area (Å²) in [6.07, 6.45) is 2.61. The van der Waals surface area contributed by atoms with Gasteiger partial charge in [0.2, 0.25) is 5.88 Å². The number of nitrogens with one attached hydrogen (secondary N) is 2. The Morgan fingerprint density at radius 1 is 1.07 bits per heavy atom. The molecule has 0 fully saturated rings. The Kier molecular flexibility index (Phi) is 5.89. The lowest BCUT2D eigenvalue weighted by Crippen LogP contribution is -2.24. The molecule has 3 aromatic rings. The number of anilines is 1. The average Bonchev–Trinajstić information content (AvgIpc) is 2.70. The Hall–Kier alpha value is -4.27. The van der Waals surface area contributed by atoms with Crippen LogP contribution >= 0.6 is 0 Å². The molecule has 0 spiro atoms. The van der Waals surface area contributed by atoms with Crippen LogP contribution in [0.15, 0.2) is 78.0 Å². The maximum absolute atomic E-state index is 11.7. The molecule has 0 aliphatic carbocycles. The molecular weight excluding hydrogens is 362 g/mol. The number of hydrazone groups is 1. The van der Waals surface area contributed by atoms with Crippen LogP contribution in [0.3, 0.4) is 0 Å². The fraction of sp³-hybridized carbons (Fsp3) is 0. The van der Waals surface area contributed by atoms with E-state index in [2.05, 4.69) is 20.8 Å². The summed E-state index contributed by atoms with van der Waals surface area (Å²) in [7, 11) is 0. The third-order valence-corrected chi connectivity index (χ3v) is 3.45. The molecule has 3 rings (SSSR count). The van der Waals surface area contributed by atoms with Crippen molar-refractivity contribution in [3.63, 3.8) is 0 Å². The number of para-hydroxylation sites is 1. The molecule has 9 heteroatoms. The van der Waals surface area contributed by atoms with Crippen LogP contribution in [-0.2, 0) is 0 Å². The number of carbonyl (C=O) groups is 1. The SMILES string of the molecule is O=C(N/N=C/c1ccc(Oc2ccc([N+](=O)[O-])cn2)cc1)Nc1ccccc1. The van der Waals surface area contributed by atoms with Crippen LogP contribution in [0, 0.1) is 10.1 Å². The van der Waals surface area contributed by atoms with Gasteiger partial charge in [-0.2, -0.15) is 5.10 Å².